The lowest BCUT2D eigenvalue weighted by atomic mass is 9.86. The molecule has 0 aromatic heterocycles. The molecule has 1 heterocycles. The molecule has 0 radical (unpaired) electrons. The van der Waals surface area contributed by atoms with Gasteiger partial charge in [0.15, 0.2) is 0 Å². The third-order valence-electron chi connectivity index (χ3n) is 6.73. The number of benzene rings is 2. The summed E-state index contributed by atoms with van der Waals surface area (Å²) in [7, 11) is 0. The molecule has 188 valence electrons. The van der Waals surface area contributed by atoms with Crippen molar-refractivity contribution in [1.82, 2.24) is 4.90 Å². The van der Waals surface area contributed by atoms with Crippen LogP contribution in [0.5, 0.6) is 0 Å². The van der Waals surface area contributed by atoms with E-state index in [1.807, 2.05) is 60.3 Å². The highest BCUT2D eigenvalue weighted by molar-refractivity contribution is 8.01. The molecule has 3 nitrogen and oxygen atoms in total. The summed E-state index contributed by atoms with van der Waals surface area (Å²) in [5.74, 6) is 0.0505. The second-order valence-electron chi connectivity index (χ2n) is 10.5. The fourth-order valence-electron chi connectivity index (χ4n) is 5.36. The predicted octanol–water partition coefficient (Wildman–Crippen LogP) is 8.42. The molecule has 0 bridgehead atoms. The zero-order valence-electron chi connectivity index (χ0n) is 20.8. The van der Waals surface area contributed by atoms with Gasteiger partial charge in [0.05, 0.1) is 6.04 Å². The van der Waals surface area contributed by atoms with E-state index in [0.717, 1.165) is 30.4 Å². The van der Waals surface area contributed by atoms with Crippen molar-refractivity contribution in [1.29, 1.82) is 0 Å². The molecule has 2 fully saturated rings. The van der Waals surface area contributed by atoms with E-state index in [0.29, 0.717) is 21.7 Å². The Morgan fingerprint density at radius 2 is 1.77 bits per heavy atom. The van der Waals surface area contributed by atoms with E-state index in [1.165, 1.54) is 6.42 Å². The van der Waals surface area contributed by atoms with Crippen LogP contribution < -0.4 is 0 Å². The molecule has 6 heteroatoms. The lowest BCUT2D eigenvalue weighted by Gasteiger charge is -2.51. The number of hydrogen-bond donors (Lipinski definition) is 0. The highest BCUT2D eigenvalue weighted by Crippen LogP contribution is 2.48. The average molecular weight is 533 g/mol. The van der Waals surface area contributed by atoms with Gasteiger partial charge < -0.3 is 9.64 Å². The van der Waals surface area contributed by atoms with Crippen molar-refractivity contribution >= 4 is 40.9 Å². The minimum atomic E-state index is -0.567. The van der Waals surface area contributed by atoms with Crippen molar-refractivity contribution in [2.75, 3.05) is 0 Å². The fourth-order valence-corrected chi connectivity index (χ4v) is 7.30. The molecule has 0 N–H and O–H groups in total. The smallest absolute Gasteiger partial charge is 0.252 e. The predicted molar refractivity (Wildman–Crippen MR) is 148 cm³/mol. The summed E-state index contributed by atoms with van der Waals surface area (Å²) in [5, 5.41) is 1.69. The Kier molecular flexibility index (Phi) is 8.58. The first kappa shape index (κ1) is 26.6. The Morgan fingerprint density at radius 1 is 1.06 bits per heavy atom. The lowest BCUT2D eigenvalue weighted by Crippen LogP contribution is -2.58. The van der Waals surface area contributed by atoms with E-state index < -0.39 is 6.10 Å². The molecule has 1 aliphatic carbocycles. The Hall–Kier alpha value is -1.46. The number of hydrogen-bond acceptors (Lipinski definition) is 3. The summed E-state index contributed by atoms with van der Waals surface area (Å²) >= 11 is 14.7. The maximum absolute atomic E-state index is 14.1. The van der Waals surface area contributed by atoms with Crippen molar-refractivity contribution in [3.63, 3.8) is 0 Å². The first-order valence-corrected chi connectivity index (χ1v) is 14.1. The van der Waals surface area contributed by atoms with Gasteiger partial charge >= 0.3 is 0 Å². The molecule has 35 heavy (non-hydrogen) atoms. The molecule has 0 spiro atoms. The summed E-state index contributed by atoms with van der Waals surface area (Å²) in [6.07, 6.45) is 5.76. The van der Waals surface area contributed by atoms with Crippen LogP contribution in [0.4, 0.5) is 0 Å². The first-order chi connectivity index (χ1) is 16.7. The molecule has 2 aromatic carbocycles. The number of nitrogens with zero attached hydrogens (tertiary/aromatic N) is 1. The van der Waals surface area contributed by atoms with Crippen molar-refractivity contribution in [3.05, 3.63) is 82.4 Å². The van der Waals surface area contributed by atoms with Crippen LogP contribution >= 0.6 is 35.0 Å². The maximum atomic E-state index is 14.1. The van der Waals surface area contributed by atoms with E-state index in [4.69, 9.17) is 27.9 Å². The van der Waals surface area contributed by atoms with Crippen molar-refractivity contribution in [3.8, 4) is 0 Å². The van der Waals surface area contributed by atoms with Gasteiger partial charge in [0, 0.05) is 32.5 Å². The number of halogens is 2. The van der Waals surface area contributed by atoms with Crippen LogP contribution in [0.2, 0.25) is 10.0 Å². The normalized spacial score (nSPS) is 27.6. The molecule has 5 atom stereocenters. The number of morpholine rings is 1. The van der Waals surface area contributed by atoms with Crippen LogP contribution in [0.3, 0.4) is 0 Å². The largest absolute Gasteiger partial charge is 0.358 e. The van der Waals surface area contributed by atoms with Gasteiger partial charge in [-0.15, -0.1) is 6.58 Å². The average Bonchev–Trinajstić information content (AvgIpc) is 2.80. The van der Waals surface area contributed by atoms with Crippen molar-refractivity contribution < 1.29 is 9.53 Å². The Bertz CT molecular complexity index is 1040. The molecular formula is C29H35Cl2NO2S. The van der Waals surface area contributed by atoms with E-state index in [2.05, 4.69) is 32.3 Å². The molecule has 2 aromatic rings. The van der Waals surface area contributed by atoms with Gasteiger partial charge in [-0.1, -0.05) is 87.2 Å². The van der Waals surface area contributed by atoms with Crippen LogP contribution in [0.15, 0.2) is 61.2 Å². The summed E-state index contributed by atoms with van der Waals surface area (Å²) in [6, 6.07) is 15.5. The minimum absolute atomic E-state index is 0.0505. The lowest BCUT2D eigenvalue weighted by molar-refractivity contribution is -0.179. The Labute approximate surface area is 224 Å². The molecule has 2 aliphatic rings. The van der Waals surface area contributed by atoms with Crippen molar-refractivity contribution in [2.24, 2.45) is 0 Å². The molecular weight excluding hydrogens is 497 g/mol. The monoisotopic (exact) mass is 531 g/mol. The highest BCUT2D eigenvalue weighted by atomic mass is 35.5. The van der Waals surface area contributed by atoms with Gasteiger partial charge in [0.1, 0.15) is 12.2 Å². The Balaban J connectivity index is 1.85. The molecule has 5 unspecified atom stereocenters. The van der Waals surface area contributed by atoms with E-state index in [1.54, 1.807) is 6.08 Å². The number of ether oxygens (including phenoxy) is 1. The molecule has 1 saturated carbocycles. The van der Waals surface area contributed by atoms with E-state index in [-0.39, 0.29) is 28.8 Å². The van der Waals surface area contributed by atoms with Gasteiger partial charge in [0.25, 0.3) is 5.91 Å². The van der Waals surface area contributed by atoms with Gasteiger partial charge in [-0.05, 0) is 48.2 Å². The summed E-state index contributed by atoms with van der Waals surface area (Å²) in [5.41, 5.74) is 2.00. The van der Waals surface area contributed by atoms with Gasteiger partial charge in [-0.25, -0.2) is 0 Å². The third-order valence-corrected chi connectivity index (χ3v) is 8.77. The summed E-state index contributed by atoms with van der Waals surface area (Å²) in [4.78, 5) is 16.3. The quantitative estimate of drug-likeness (QED) is 0.350. The first-order valence-electron chi connectivity index (χ1n) is 12.4. The number of amides is 1. The van der Waals surface area contributed by atoms with Crippen LogP contribution in [-0.4, -0.2) is 32.9 Å². The van der Waals surface area contributed by atoms with Crippen LogP contribution in [0.25, 0.3) is 0 Å². The Morgan fingerprint density at radius 3 is 2.43 bits per heavy atom. The topological polar surface area (TPSA) is 29.5 Å². The van der Waals surface area contributed by atoms with E-state index >= 15 is 0 Å². The fraction of sp³-hybridized carbons (Fsp3) is 0.483. The second kappa shape index (κ2) is 11.3. The molecule has 1 saturated heterocycles. The number of carbonyl (C=O) groups excluding carboxylic acids is 1. The van der Waals surface area contributed by atoms with Crippen molar-refractivity contribution in [2.45, 2.75) is 87.2 Å². The van der Waals surface area contributed by atoms with Crippen LogP contribution in [-0.2, 0) is 9.53 Å². The standard InChI is InChI=1S/C29H35Cl2NO2S/c1-5-9-24-28(33)32(23-12-6-7-13-25(23)35-29(2,3)4)26(19-14-16-21(30)17-15-19)27(34-24)20-10-8-11-22(31)18-20/h5,8,10-11,14-18,23-27H,1,6-7,9,12-13H2,2-4H3. The zero-order chi connectivity index (χ0) is 25.2. The summed E-state index contributed by atoms with van der Waals surface area (Å²) < 4.78 is 6.68. The SMILES string of the molecule is C=CCC1OC(c2cccc(Cl)c2)C(c2ccc(Cl)cc2)N(C2CCCCC2SC(C)(C)C)C1=O. The maximum Gasteiger partial charge on any atom is 0.252 e. The van der Waals surface area contributed by atoms with Gasteiger partial charge in [0.2, 0.25) is 0 Å². The molecule has 4 rings (SSSR count). The number of thioether (sulfide) groups is 1. The third kappa shape index (κ3) is 6.28. The molecule has 1 amide bonds. The summed E-state index contributed by atoms with van der Waals surface area (Å²) in [6.45, 7) is 10.7. The van der Waals surface area contributed by atoms with Gasteiger partial charge in [-0.3, -0.25) is 4.79 Å². The highest BCUT2D eigenvalue weighted by Gasteiger charge is 2.48. The second-order valence-corrected chi connectivity index (χ2v) is 13.4. The molecule has 1 aliphatic heterocycles. The minimum Gasteiger partial charge on any atom is -0.358 e. The van der Waals surface area contributed by atoms with Crippen LogP contribution in [0.1, 0.15) is 76.1 Å². The zero-order valence-corrected chi connectivity index (χ0v) is 23.1. The van der Waals surface area contributed by atoms with Gasteiger partial charge in [-0.2, -0.15) is 11.8 Å². The number of rotatable bonds is 6. The number of carbonyl (C=O) groups is 1. The van der Waals surface area contributed by atoms with E-state index in [9.17, 15) is 4.79 Å². The van der Waals surface area contributed by atoms with Crippen LogP contribution in [0, 0.1) is 0 Å².